The van der Waals surface area contributed by atoms with Crippen molar-refractivity contribution in [2.45, 2.75) is 18.8 Å². The molecule has 0 spiro atoms. The van der Waals surface area contributed by atoms with E-state index in [1.54, 1.807) is 0 Å². The van der Waals surface area contributed by atoms with Crippen molar-refractivity contribution in [2.24, 2.45) is 0 Å². The molecule has 0 radical (unpaired) electrons. The standard InChI is InChI=1S/C7H8N6O/c8-5-4(12-14-13-5)7-9-6(10-11-7)3-1-2-3/h3H,1-2H2,(H2,8,13)(H,9,10,11). The summed E-state index contributed by atoms with van der Waals surface area (Å²) in [6.45, 7) is 0. The van der Waals surface area contributed by atoms with Crippen LogP contribution in [0.25, 0.3) is 11.5 Å². The summed E-state index contributed by atoms with van der Waals surface area (Å²) in [6, 6.07) is 0. The van der Waals surface area contributed by atoms with Crippen molar-refractivity contribution >= 4 is 5.82 Å². The van der Waals surface area contributed by atoms with E-state index >= 15 is 0 Å². The Labute approximate surface area is 78.7 Å². The number of hydrogen-bond acceptors (Lipinski definition) is 6. The molecular formula is C7H8N6O. The fraction of sp³-hybridized carbons (Fsp3) is 0.429. The van der Waals surface area contributed by atoms with Gasteiger partial charge in [-0.2, -0.15) is 5.10 Å². The quantitative estimate of drug-likeness (QED) is 0.709. The average molecular weight is 192 g/mol. The van der Waals surface area contributed by atoms with E-state index in [9.17, 15) is 0 Å². The second kappa shape index (κ2) is 2.53. The minimum Gasteiger partial charge on any atom is -0.379 e. The van der Waals surface area contributed by atoms with E-state index in [1.807, 2.05) is 0 Å². The number of nitrogens with one attached hydrogen (secondary N) is 1. The van der Waals surface area contributed by atoms with Crippen LogP contribution < -0.4 is 5.73 Å². The lowest BCUT2D eigenvalue weighted by Gasteiger charge is -1.85. The summed E-state index contributed by atoms with van der Waals surface area (Å²) in [5.41, 5.74) is 5.91. The van der Waals surface area contributed by atoms with Gasteiger partial charge in [-0.05, 0) is 23.2 Å². The molecule has 0 atom stereocenters. The molecule has 3 N–H and O–H groups in total. The number of hydrogen-bond donors (Lipinski definition) is 2. The molecule has 14 heavy (non-hydrogen) atoms. The molecule has 1 aliphatic carbocycles. The topological polar surface area (TPSA) is 107 Å². The molecule has 72 valence electrons. The maximum Gasteiger partial charge on any atom is 0.207 e. The van der Waals surface area contributed by atoms with Crippen LogP contribution in [-0.2, 0) is 0 Å². The number of nitrogen functional groups attached to an aromatic ring is 1. The van der Waals surface area contributed by atoms with Crippen molar-refractivity contribution in [3.63, 3.8) is 0 Å². The van der Waals surface area contributed by atoms with Gasteiger partial charge in [0.25, 0.3) is 0 Å². The Morgan fingerprint density at radius 2 is 2.21 bits per heavy atom. The normalized spacial score (nSPS) is 16.0. The largest absolute Gasteiger partial charge is 0.379 e. The van der Waals surface area contributed by atoms with Gasteiger partial charge >= 0.3 is 0 Å². The fourth-order valence-corrected chi connectivity index (χ4v) is 1.27. The summed E-state index contributed by atoms with van der Waals surface area (Å²) in [7, 11) is 0. The Hall–Kier alpha value is -1.92. The van der Waals surface area contributed by atoms with E-state index in [0.717, 1.165) is 5.82 Å². The zero-order valence-corrected chi connectivity index (χ0v) is 7.27. The highest BCUT2D eigenvalue weighted by Gasteiger charge is 2.28. The fourth-order valence-electron chi connectivity index (χ4n) is 1.27. The average Bonchev–Trinajstić information content (AvgIpc) is 2.75. The highest BCUT2D eigenvalue weighted by molar-refractivity contribution is 5.61. The Kier molecular flexibility index (Phi) is 1.35. The highest BCUT2D eigenvalue weighted by atomic mass is 16.6. The van der Waals surface area contributed by atoms with Gasteiger partial charge in [0.2, 0.25) is 5.82 Å². The third kappa shape index (κ3) is 1.05. The SMILES string of the molecule is Nc1nonc1-c1n[nH]c(C2CC2)n1. The molecule has 2 aromatic heterocycles. The number of aromatic nitrogens is 5. The first kappa shape index (κ1) is 7.48. The van der Waals surface area contributed by atoms with Crippen LogP contribution >= 0.6 is 0 Å². The predicted molar refractivity (Wildman–Crippen MR) is 46.1 cm³/mol. The zero-order chi connectivity index (χ0) is 9.54. The number of anilines is 1. The van der Waals surface area contributed by atoms with Crippen LogP contribution in [0.2, 0.25) is 0 Å². The Bertz CT molecular complexity index is 456. The summed E-state index contributed by atoms with van der Waals surface area (Å²) in [4.78, 5) is 4.27. The molecule has 1 fully saturated rings. The number of H-pyrrole nitrogens is 1. The molecule has 7 nitrogen and oxygen atoms in total. The van der Waals surface area contributed by atoms with E-state index in [-0.39, 0.29) is 5.82 Å². The Morgan fingerprint density at radius 1 is 1.36 bits per heavy atom. The third-order valence-electron chi connectivity index (χ3n) is 2.19. The van der Waals surface area contributed by atoms with Crippen molar-refractivity contribution in [3.05, 3.63) is 5.82 Å². The van der Waals surface area contributed by atoms with Crippen LogP contribution in [0.3, 0.4) is 0 Å². The second-order valence-electron chi connectivity index (χ2n) is 3.32. The maximum atomic E-state index is 5.51. The van der Waals surface area contributed by atoms with E-state index < -0.39 is 0 Å². The lowest BCUT2D eigenvalue weighted by atomic mass is 10.4. The molecule has 0 saturated heterocycles. The molecule has 7 heteroatoms. The van der Waals surface area contributed by atoms with E-state index in [0.29, 0.717) is 17.4 Å². The molecule has 2 aromatic rings. The van der Waals surface area contributed by atoms with Crippen molar-refractivity contribution in [2.75, 3.05) is 5.73 Å². The van der Waals surface area contributed by atoms with Crippen LogP contribution in [0.1, 0.15) is 24.6 Å². The first-order chi connectivity index (χ1) is 6.84. The first-order valence-corrected chi connectivity index (χ1v) is 4.35. The number of aromatic amines is 1. The van der Waals surface area contributed by atoms with Gasteiger partial charge in [0.05, 0.1) is 0 Å². The summed E-state index contributed by atoms with van der Waals surface area (Å²) < 4.78 is 4.47. The summed E-state index contributed by atoms with van der Waals surface area (Å²) >= 11 is 0. The number of nitrogens with zero attached hydrogens (tertiary/aromatic N) is 4. The highest BCUT2D eigenvalue weighted by Crippen LogP contribution is 2.38. The summed E-state index contributed by atoms with van der Waals surface area (Å²) in [5, 5.41) is 13.9. The van der Waals surface area contributed by atoms with Gasteiger partial charge in [0, 0.05) is 5.92 Å². The predicted octanol–water partition coefficient (Wildman–Crippen LogP) is 0.314. The van der Waals surface area contributed by atoms with Gasteiger partial charge in [-0.25, -0.2) is 9.61 Å². The Balaban J connectivity index is 1.99. The molecule has 2 heterocycles. The van der Waals surface area contributed by atoms with Crippen LogP contribution in [0.5, 0.6) is 0 Å². The van der Waals surface area contributed by atoms with Crippen molar-refractivity contribution in [1.82, 2.24) is 25.5 Å². The summed E-state index contributed by atoms with van der Waals surface area (Å²) in [6.07, 6.45) is 2.34. The van der Waals surface area contributed by atoms with Gasteiger partial charge in [0.1, 0.15) is 5.82 Å². The molecule has 0 amide bonds. The van der Waals surface area contributed by atoms with E-state index in [1.165, 1.54) is 12.8 Å². The summed E-state index contributed by atoms with van der Waals surface area (Å²) in [5.74, 6) is 2.08. The van der Waals surface area contributed by atoms with Gasteiger partial charge < -0.3 is 5.73 Å². The molecule has 0 bridgehead atoms. The monoisotopic (exact) mass is 192 g/mol. The zero-order valence-electron chi connectivity index (χ0n) is 7.27. The lowest BCUT2D eigenvalue weighted by Crippen LogP contribution is -1.90. The van der Waals surface area contributed by atoms with Crippen LogP contribution in [0.4, 0.5) is 5.82 Å². The van der Waals surface area contributed by atoms with Crippen LogP contribution in [0.15, 0.2) is 4.63 Å². The van der Waals surface area contributed by atoms with Gasteiger partial charge in [-0.1, -0.05) is 0 Å². The molecule has 0 aliphatic heterocycles. The van der Waals surface area contributed by atoms with Gasteiger partial charge in [0.15, 0.2) is 11.5 Å². The Morgan fingerprint density at radius 3 is 2.86 bits per heavy atom. The molecule has 1 aliphatic rings. The molecule has 0 aromatic carbocycles. The van der Waals surface area contributed by atoms with Crippen LogP contribution in [-0.4, -0.2) is 25.5 Å². The maximum absolute atomic E-state index is 5.51. The smallest absolute Gasteiger partial charge is 0.207 e. The second-order valence-corrected chi connectivity index (χ2v) is 3.32. The molecular weight excluding hydrogens is 184 g/mol. The van der Waals surface area contributed by atoms with Crippen molar-refractivity contribution < 1.29 is 4.63 Å². The first-order valence-electron chi connectivity index (χ1n) is 4.35. The molecule has 0 unspecified atom stereocenters. The number of nitrogens with two attached hydrogens (primary N) is 1. The molecule has 3 rings (SSSR count). The number of rotatable bonds is 2. The minimum atomic E-state index is 0.214. The van der Waals surface area contributed by atoms with Crippen molar-refractivity contribution in [3.8, 4) is 11.5 Å². The van der Waals surface area contributed by atoms with Crippen molar-refractivity contribution in [1.29, 1.82) is 0 Å². The minimum absolute atomic E-state index is 0.214. The van der Waals surface area contributed by atoms with Gasteiger partial charge in [-0.3, -0.25) is 5.10 Å². The van der Waals surface area contributed by atoms with E-state index in [2.05, 4.69) is 30.1 Å². The van der Waals surface area contributed by atoms with E-state index in [4.69, 9.17) is 5.73 Å². The van der Waals surface area contributed by atoms with Crippen LogP contribution in [0, 0.1) is 0 Å². The van der Waals surface area contributed by atoms with Gasteiger partial charge in [-0.15, -0.1) is 0 Å². The lowest BCUT2D eigenvalue weighted by molar-refractivity contribution is 0.310. The molecule has 1 saturated carbocycles. The third-order valence-corrected chi connectivity index (χ3v) is 2.19.